The molecule has 0 aliphatic heterocycles. The minimum atomic E-state index is -0.00898. The zero-order chi connectivity index (χ0) is 14.1. The number of hydrogen-bond donors (Lipinski definition) is 0. The fraction of sp³-hybridized carbons (Fsp3) is 0.250. The lowest BCUT2D eigenvalue weighted by atomic mass is 10.2. The average molecular weight is 267 g/mol. The molecular formula is C16H17N3O. The first kappa shape index (κ1) is 12.7. The third kappa shape index (κ3) is 2.13. The van der Waals surface area contributed by atoms with Crippen LogP contribution in [0, 0.1) is 6.92 Å². The molecule has 3 rings (SSSR count). The van der Waals surface area contributed by atoms with Gasteiger partial charge in [-0.15, -0.1) is 0 Å². The zero-order valence-electron chi connectivity index (χ0n) is 11.7. The number of hydrogen-bond acceptors (Lipinski definition) is 2. The van der Waals surface area contributed by atoms with Gasteiger partial charge in [-0.25, -0.2) is 0 Å². The minimum Gasteiger partial charge on any atom is -0.284 e. The molecule has 4 heteroatoms. The van der Waals surface area contributed by atoms with Gasteiger partial charge in [0.05, 0.1) is 11.7 Å². The van der Waals surface area contributed by atoms with Crippen molar-refractivity contribution in [2.45, 2.75) is 26.8 Å². The van der Waals surface area contributed by atoms with Crippen LogP contribution in [-0.2, 0) is 6.54 Å². The quantitative estimate of drug-likeness (QED) is 0.732. The van der Waals surface area contributed by atoms with E-state index in [4.69, 9.17) is 0 Å². The van der Waals surface area contributed by atoms with Gasteiger partial charge < -0.3 is 0 Å². The maximum Gasteiger partial charge on any atom is 0.255 e. The second-order valence-electron chi connectivity index (χ2n) is 5.02. The molecule has 0 N–H and O–H groups in total. The average Bonchev–Trinajstić information content (AvgIpc) is 2.82. The number of benzene rings is 1. The normalized spacial score (nSPS) is 11.1. The summed E-state index contributed by atoms with van der Waals surface area (Å²) in [6, 6.07) is 9.58. The van der Waals surface area contributed by atoms with E-state index in [1.807, 2.05) is 48.3 Å². The van der Waals surface area contributed by atoms with Crippen molar-refractivity contribution in [1.29, 1.82) is 0 Å². The summed E-state index contributed by atoms with van der Waals surface area (Å²) in [5, 5.41) is 5.44. The first-order valence-electron chi connectivity index (χ1n) is 6.84. The highest BCUT2D eigenvalue weighted by Gasteiger charge is 2.05. The van der Waals surface area contributed by atoms with Crippen LogP contribution in [0.15, 0.2) is 47.5 Å². The van der Waals surface area contributed by atoms with Crippen LogP contribution in [0.25, 0.3) is 16.6 Å². The fourth-order valence-electron chi connectivity index (χ4n) is 2.41. The SMILES string of the molecule is CCCn1ncc2cc(-n3ccc(C)cc3=O)ccc21. The molecule has 0 unspecified atom stereocenters. The van der Waals surface area contributed by atoms with E-state index in [1.54, 1.807) is 10.6 Å². The number of pyridine rings is 1. The van der Waals surface area contributed by atoms with Crippen LogP contribution in [0.1, 0.15) is 18.9 Å². The van der Waals surface area contributed by atoms with Crippen molar-refractivity contribution in [3.63, 3.8) is 0 Å². The molecule has 1 aromatic carbocycles. The standard InChI is InChI=1S/C16H17N3O/c1-3-7-19-15-5-4-14(10-13(15)11-17-19)18-8-6-12(2)9-16(18)20/h4-6,8-11H,3,7H2,1-2H3. The van der Waals surface area contributed by atoms with Gasteiger partial charge in [0.1, 0.15) is 0 Å². The molecule has 0 aliphatic rings. The number of aromatic nitrogens is 3. The number of rotatable bonds is 3. The van der Waals surface area contributed by atoms with E-state index in [0.29, 0.717) is 0 Å². The van der Waals surface area contributed by atoms with Crippen LogP contribution in [0.3, 0.4) is 0 Å². The van der Waals surface area contributed by atoms with E-state index in [-0.39, 0.29) is 5.56 Å². The Bertz CT molecular complexity index is 814. The molecule has 4 nitrogen and oxygen atoms in total. The largest absolute Gasteiger partial charge is 0.284 e. The highest BCUT2D eigenvalue weighted by atomic mass is 16.1. The van der Waals surface area contributed by atoms with Gasteiger partial charge in [0.15, 0.2) is 0 Å². The van der Waals surface area contributed by atoms with Crippen LogP contribution in [0.2, 0.25) is 0 Å². The maximum absolute atomic E-state index is 12.0. The van der Waals surface area contributed by atoms with Crippen molar-refractivity contribution in [3.8, 4) is 5.69 Å². The van der Waals surface area contributed by atoms with Gasteiger partial charge in [0, 0.05) is 29.9 Å². The summed E-state index contributed by atoms with van der Waals surface area (Å²) in [4.78, 5) is 12.0. The van der Waals surface area contributed by atoms with E-state index in [9.17, 15) is 4.79 Å². The molecule has 0 saturated carbocycles. The van der Waals surface area contributed by atoms with Crippen molar-refractivity contribution in [3.05, 3.63) is 58.6 Å². The highest BCUT2D eigenvalue weighted by Crippen LogP contribution is 2.18. The first-order valence-corrected chi connectivity index (χ1v) is 6.84. The lowest BCUT2D eigenvalue weighted by Gasteiger charge is -2.07. The Hall–Kier alpha value is -2.36. The van der Waals surface area contributed by atoms with Gasteiger partial charge in [0.2, 0.25) is 0 Å². The Balaban J connectivity index is 2.11. The van der Waals surface area contributed by atoms with Crippen LogP contribution < -0.4 is 5.56 Å². The fourth-order valence-corrected chi connectivity index (χ4v) is 2.41. The Morgan fingerprint density at radius 3 is 2.80 bits per heavy atom. The van der Waals surface area contributed by atoms with Crippen molar-refractivity contribution >= 4 is 10.9 Å². The molecule has 2 heterocycles. The molecule has 20 heavy (non-hydrogen) atoms. The van der Waals surface area contributed by atoms with Crippen LogP contribution in [-0.4, -0.2) is 14.3 Å². The van der Waals surface area contributed by atoms with Crippen LogP contribution >= 0.6 is 0 Å². The van der Waals surface area contributed by atoms with E-state index in [0.717, 1.165) is 35.1 Å². The summed E-state index contributed by atoms with van der Waals surface area (Å²) in [5.74, 6) is 0. The lowest BCUT2D eigenvalue weighted by Crippen LogP contribution is -2.16. The van der Waals surface area contributed by atoms with Crippen molar-refractivity contribution in [2.24, 2.45) is 0 Å². The van der Waals surface area contributed by atoms with Crippen LogP contribution in [0.5, 0.6) is 0 Å². The third-order valence-corrected chi connectivity index (χ3v) is 3.41. The molecule has 0 bridgehead atoms. The van der Waals surface area contributed by atoms with Crippen LogP contribution in [0.4, 0.5) is 0 Å². The molecule has 0 fully saturated rings. The predicted octanol–water partition coefficient (Wildman–Crippen LogP) is 2.91. The summed E-state index contributed by atoms with van der Waals surface area (Å²) in [6.45, 7) is 4.96. The van der Waals surface area contributed by atoms with E-state index < -0.39 is 0 Å². The Labute approximate surface area is 117 Å². The summed E-state index contributed by atoms with van der Waals surface area (Å²) < 4.78 is 3.65. The second-order valence-corrected chi connectivity index (χ2v) is 5.02. The third-order valence-electron chi connectivity index (χ3n) is 3.41. The van der Waals surface area contributed by atoms with Crippen molar-refractivity contribution in [1.82, 2.24) is 14.3 Å². The van der Waals surface area contributed by atoms with Gasteiger partial charge in [-0.3, -0.25) is 14.0 Å². The predicted molar refractivity (Wildman–Crippen MR) is 80.4 cm³/mol. The monoisotopic (exact) mass is 267 g/mol. The molecule has 0 spiro atoms. The second kappa shape index (κ2) is 4.96. The van der Waals surface area contributed by atoms with Crippen molar-refractivity contribution < 1.29 is 0 Å². The topological polar surface area (TPSA) is 39.8 Å². The molecule has 0 aliphatic carbocycles. The Morgan fingerprint density at radius 2 is 2.05 bits per heavy atom. The molecule has 102 valence electrons. The molecule has 2 aromatic heterocycles. The molecule has 0 saturated heterocycles. The van der Waals surface area contributed by atoms with Gasteiger partial charge >= 0.3 is 0 Å². The summed E-state index contributed by atoms with van der Waals surface area (Å²) >= 11 is 0. The molecule has 0 atom stereocenters. The van der Waals surface area contributed by atoms with E-state index in [2.05, 4.69) is 12.0 Å². The van der Waals surface area contributed by atoms with Crippen molar-refractivity contribution in [2.75, 3.05) is 0 Å². The summed E-state index contributed by atoms with van der Waals surface area (Å²) in [6.07, 6.45) is 4.72. The van der Waals surface area contributed by atoms with Gasteiger partial charge in [-0.2, -0.15) is 5.10 Å². The summed E-state index contributed by atoms with van der Waals surface area (Å²) in [7, 11) is 0. The lowest BCUT2D eigenvalue weighted by molar-refractivity contribution is 0.622. The Kier molecular flexibility index (Phi) is 3.14. The zero-order valence-corrected chi connectivity index (χ0v) is 11.7. The van der Waals surface area contributed by atoms with E-state index >= 15 is 0 Å². The van der Waals surface area contributed by atoms with Gasteiger partial charge in [-0.1, -0.05) is 6.92 Å². The van der Waals surface area contributed by atoms with Gasteiger partial charge in [-0.05, 0) is 43.2 Å². The van der Waals surface area contributed by atoms with E-state index in [1.165, 1.54) is 0 Å². The number of aryl methyl sites for hydroxylation is 2. The molecule has 0 amide bonds. The van der Waals surface area contributed by atoms with Gasteiger partial charge in [0.25, 0.3) is 5.56 Å². The number of fused-ring (bicyclic) bond motifs is 1. The Morgan fingerprint density at radius 1 is 1.20 bits per heavy atom. The summed E-state index contributed by atoms with van der Waals surface area (Å²) in [5.41, 5.74) is 2.95. The molecule has 3 aromatic rings. The minimum absolute atomic E-state index is 0.00898. The molecular weight excluding hydrogens is 250 g/mol. The molecule has 0 radical (unpaired) electrons. The number of nitrogens with zero attached hydrogens (tertiary/aromatic N) is 3. The first-order chi connectivity index (χ1) is 9.69. The highest BCUT2D eigenvalue weighted by molar-refractivity contribution is 5.80. The smallest absolute Gasteiger partial charge is 0.255 e. The maximum atomic E-state index is 12.0.